The molecular formula is C18H21F2N5O2S. The van der Waals surface area contributed by atoms with E-state index in [-0.39, 0.29) is 22.8 Å². The Morgan fingerprint density at radius 2 is 1.79 bits per heavy atom. The quantitative estimate of drug-likeness (QED) is 0.678. The first-order valence-corrected chi connectivity index (χ1v) is 10.0. The van der Waals surface area contributed by atoms with E-state index in [0.717, 1.165) is 17.1 Å². The zero-order valence-electron chi connectivity index (χ0n) is 15.9. The van der Waals surface area contributed by atoms with E-state index >= 15 is 0 Å². The molecular weight excluding hydrogens is 388 g/mol. The number of hydrogen-bond donors (Lipinski definition) is 1. The second kappa shape index (κ2) is 7.44. The number of hydrogen-bond acceptors (Lipinski definition) is 4. The van der Waals surface area contributed by atoms with Crippen molar-refractivity contribution in [3.8, 4) is 5.69 Å². The first-order chi connectivity index (χ1) is 13.1. The Morgan fingerprint density at radius 1 is 1.11 bits per heavy atom. The molecule has 0 radical (unpaired) electrons. The van der Waals surface area contributed by atoms with Crippen molar-refractivity contribution in [1.29, 1.82) is 0 Å². The minimum atomic E-state index is -4.03. The van der Waals surface area contributed by atoms with Gasteiger partial charge in [0.05, 0.1) is 22.8 Å². The lowest BCUT2D eigenvalue weighted by molar-refractivity contribution is 0.0538. The summed E-state index contributed by atoms with van der Waals surface area (Å²) in [6.07, 6.45) is 0. The van der Waals surface area contributed by atoms with Gasteiger partial charge in [0.2, 0.25) is 10.0 Å². The molecule has 0 amide bonds. The number of nitrogens with one attached hydrogen (secondary N) is 1. The molecule has 0 aliphatic rings. The molecule has 150 valence electrons. The van der Waals surface area contributed by atoms with Gasteiger partial charge in [-0.1, -0.05) is 18.2 Å². The first-order valence-electron chi connectivity index (χ1n) is 8.57. The van der Waals surface area contributed by atoms with E-state index in [1.807, 2.05) is 32.0 Å². The second-order valence-corrected chi connectivity index (χ2v) is 8.22. The number of nitrogens with zero attached hydrogens (tertiary/aromatic N) is 4. The molecule has 7 nitrogen and oxygen atoms in total. The third-order valence-electron chi connectivity index (χ3n) is 4.39. The number of halogens is 2. The summed E-state index contributed by atoms with van der Waals surface area (Å²) in [6.45, 7) is 3.56. The standard InChI is InChI=1S/C18H21F2N5O2S/c1-11-9-12(2)24(22-11)16-8-6-5-7-15(16)10-21-28(26,27)17-13(3)23-25(14(17)4)18(19)20/h5-9,18,21H,10H2,1-4H3. The number of alkyl halides is 2. The van der Waals surface area contributed by atoms with Crippen LogP contribution in [0.4, 0.5) is 8.78 Å². The fourth-order valence-electron chi connectivity index (χ4n) is 3.21. The Hall–Kier alpha value is -2.59. The van der Waals surface area contributed by atoms with Gasteiger partial charge in [0, 0.05) is 12.2 Å². The predicted octanol–water partition coefficient (Wildman–Crippen LogP) is 3.18. The summed E-state index contributed by atoms with van der Waals surface area (Å²) in [5.74, 6) is 0. The van der Waals surface area contributed by atoms with Crippen molar-refractivity contribution in [2.75, 3.05) is 0 Å². The molecule has 2 aromatic heterocycles. The third-order valence-corrected chi connectivity index (χ3v) is 6.05. The highest BCUT2D eigenvalue weighted by atomic mass is 32.2. The van der Waals surface area contributed by atoms with Crippen LogP contribution in [-0.4, -0.2) is 28.0 Å². The molecule has 0 spiro atoms. The van der Waals surface area contributed by atoms with Gasteiger partial charge in [0.1, 0.15) is 4.90 Å². The smallest absolute Gasteiger partial charge is 0.238 e. The highest BCUT2D eigenvalue weighted by Gasteiger charge is 2.27. The van der Waals surface area contributed by atoms with Crippen molar-refractivity contribution in [2.45, 2.75) is 45.7 Å². The maximum absolute atomic E-state index is 13.0. The molecule has 0 atom stereocenters. The van der Waals surface area contributed by atoms with Gasteiger partial charge in [-0.3, -0.25) is 0 Å². The van der Waals surface area contributed by atoms with Crippen LogP contribution < -0.4 is 4.72 Å². The summed E-state index contributed by atoms with van der Waals surface area (Å²) in [4.78, 5) is -0.226. The Labute approximate surface area is 162 Å². The van der Waals surface area contributed by atoms with Crippen molar-refractivity contribution >= 4 is 10.0 Å². The topological polar surface area (TPSA) is 81.8 Å². The number of aryl methyl sites for hydroxylation is 3. The predicted molar refractivity (Wildman–Crippen MR) is 100 cm³/mol. The van der Waals surface area contributed by atoms with Crippen LogP contribution >= 0.6 is 0 Å². The minimum Gasteiger partial charge on any atom is -0.238 e. The highest BCUT2D eigenvalue weighted by molar-refractivity contribution is 7.89. The molecule has 0 fully saturated rings. The Kier molecular flexibility index (Phi) is 5.35. The lowest BCUT2D eigenvalue weighted by Crippen LogP contribution is -2.25. The number of para-hydroxylation sites is 1. The van der Waals surface area contributed by atoms with Gasteiger partial charge in [-0.25, -0.2) is 22.5 Å². The maximum Gasteiger partial charge on any atom is 0.333 e. The van der Waals surface area contributed by atoms with E-state index in [9.17, 15) is 17.2 Å². The van der Waals surface area contributed by atoms with Gasteiger partial charge < -0.3 is 0 Å². The van der Waals surface area contributed by atoms with E-state index in [4.69, 9.17) is 0 Å². The molecule has 1 aromatic carbocycles. The van der Waals surface area contributed by atoms with Gasteiger partial charge >= 0.3 is 6.55 Å². The number of rotatable bonds is 6. The lowest BCUT2D eigenvalue weighted by atomic mass is 10.2. The fraction of sp³-hybridized carbons (Fsp3) is 0.333. The van der Waals surface area contributed by atoms with Crippen LogP contribution in [0.5, 0.6) is 0 Å². The third kappa shape index (κ3) is 3.69. The largest absolute Gasteiger partial charge is 0.333 e. The monoisotopic (exact) mass is 409 g/mol. The summed E-state index contributed by atoms with van der Waals surface area (Å²) < 4.78 is 56.2. The second-order valence-electron chi connectivity index (χ2n) is 6.51. The summed E-state index contributed by atoms with van der Waals surface area (Å²) in [6, 6.07) is 9.19. The van der Waals surface area contributed by atoms with E-state index < -0.39 is 16.6 Å². The molecule has 0 unspecified atom stereocenters. The van der Waals surface area contributed by atoms with Crippen LogP contribution in [0.25, 0.3) is 5.69 Å². The average molecular weight is 409 g/mol. The van der Waals surface area contributed by atoms with Crippen molar-refractivity contribution in [3.05, 3.63) is 58.7 Å². The van der Waals surface area contributed by atoms with Crippen molar-refractivity contribution in [3.63, 3.8) is 0 Å². The van der Waals surface area contributed by atoms with Gasteiger partial charge in [-0.15, -0.1) is 0 Å². The normalized spacial score (nSPS) is 12.1. The molecule has 0 aliphatic heterocycles. The van der Waals surface area contributed by atoms with Gasteiger partial charge in [0.25, 0.3) is 0 Å². The Balaban J connectivity index is 1.92. The molecule has 2 heterocycles. The lowest BCUT2D eigenvalue weighted by Gasteiger charge is -2.13. The SMILES string of the molecule is Cc1cc(C)n(-c2ccccc2CNS(=O)(=O)c2c(C)nn(C(F)F)c2C)n1. The summed E-state index contributed by atoms with van der Waals surface area (Å²) in [5, 5.41) is 8.08. The minimum absolute atomic E-state index is 0.0183. The molecule has 0 saturated carbocycles. The summed E-state index contributed by atoms with van der Waals surface area (Å²) >= 11 is 0. The molecule has 10 heteroatoms. The molecule has 0 aliphatic carbocycles. The molecule has 28 heavy (non-hydrogen) atoms. The first kappa shape index (κ1) is 20.2. The molecule has 3 rings (SSSR count). The van der Waals surface area contributed by atoms with Gasteiger partial charge in [0.15, 0.2) is 0 Å². The van der Waals surface area contributed by atoms with Crippen LogP contribution in [0.1, 0.15) is 34.9 Å². The van der Waals surface area contributed by atoms with Gasteiger partial charge in [-0.05, 0) is 45.4 Å². The molecule has 0 saturated heterocycles. The van der Waals surface area contributed by atoms with Crippen LogP contribution in [0.15, 0.2) is 35.2 Å². The number of sulfonamides is 1. The average Bonchev–Trinajstić information content (AvgIpc) is 3.11. The summed E-state index contributed by atoms with van der Waals surface area (Å²) in [5.41, 5.74) is 3.13. The zero-order valence-corrected chi connectivity index (χ0v) is 16.8. The Morgan fingerprint density at radius 3 is 2.36 bits per heavy atom. The fourth-order valence-corrected chi connectivity index (χ4v) is 4.61. The van der Waals surface area contributed by atoms with Gasteiger partial charge in [-0.2, -0.15) is 19.0 Å². The number of aromatic nitrogens is 4. The highest BCUT2D eigenvalue weighted by Crippen LogP contribution is 2.24. The van der Waals surface area contributed by atoms with Crippen molar-refractivity contribution in [2.24, 2.45) is 0 Å². The van der Waals surface area contributed by atoms with Crippen LogP contribution in [0.2, 0.25) is 0 Å². The van der Waals surface area contributed by atoms with E-state index in [2.05, 4.69) is 14.9 Å². The molecule has 3 aromatic rings. The van der Waals surface area contributed by atoms with Crippen LogP contribution in [-0.2, 0) is 16.6 Å². The van der Waals surface area contributed by atoms with Crippen LogP contribution in [0, 0.1) is 27.7 Å². The van der Waals surface area contributed by atoms with E-state index in [0.29, 0.717) is 10.2 Å². The number of benzene rings is 1. The molecule has 0 bridgehead atoms. The Bertz CT molecular complexity index is 1120. The van der Waals surface area contributed by atoms with E-state index in [1.54, 1.807) is 16.8 Å². The van der Waals surface area contributed by atoms with Crippen molar-refractivity contribution in [1.82, 2.24) is 24.3 Å². The van der Waals surface area contributed by atoms with Crippen LogP contribution in [0.3, 0.4) is 0 Å². The summed E-state index contributed by atoms with van der Waals surface area (Å²) in [7, 11) is -4.03. The molecule has 1 N–H and O–H groups in total. The zero-order chi connectivity index (χ0) is 20.6. The maximum atomic E-state index is 13.0. The van der Waals surface area contributed by atoms with E-state index in [1.165, 1.54) is 13.8 Å². The van der Waals surface area contributed by atoms with Crippen molar-refractivity contribution < 1.29 is 17.2 Å².